The minimum atomic E-state index is -0.146. The SMILES string of the molecule is COc1cccc(C(=O)N2CCC(CN)CC2)c1O. The first-order valence-corrected chi connectivity index (χ1v) is 6.52. The molecule has 0 bridgehead atoms. The zero-order valence-corrected chi connectivity index (χ0v) is 11.1. The van der Waals surface area contributed by atoms with Crippen LogP contribution in [0.1, 0.15) is 23.2 Å². The number of phenolic OH excluding ortho intramolecular Hbond substituents is 1. The molecule has 3 N–H and O–H groups in total. The number of carbonyl (C=O) groups excluding carboxylic acids is 1. The number of nitrogens with zero attached hydrogens (tertiary/aromatic N) is 1. The van der Waals surface area contributed by atoms with Crippen LogP contribution in [-0.4, -0.2) is 42.7 Å². The summed E-state index contributed by atoms with van der Waals surface area (Å²) in [5, 5.41) is 10.00. The molecule has 1 amide bonds. The predicted octanol–water partition coefficient (Wildman–Crippen LogP) is 1.21. The Labute approximate surface area is 113 Å². The Balaban J connectivity index is 2.12. The van der Waals surface area contributed by atoms with Crippen molar-refractivity contribution in [1.29, 1.82) is 0 Å². The van der Waals surface area contributed by atoms with Crippen molar-refractivity contribution in [3.05, 3.63) is 23.8 Å². The molecule has 1 heterocycles. The number of methoxy groups -OCH3 is 1. The number of benzene rings is 1. The number of carbonyl (C=O) groups is 1. The maximum atomic E-state index is 12.4. The minimum Gasteiger partial charge on any atom is -0.504 e. The number of hydrogen-bond acceptors (Lipinski definition) is 4. The first-order valence-electron chi connectivity index (χ1n) is 6.52. The standard InChI is InChI=1S/C14H20N2O3/c1-19-12-4-2-3-11(13(12)17)14(18)16-7-5-10(9-15)6-8-16/h2-4,10,17H,5-9,15H2,1H3. The van der Waals surface area contributed by atoms with Crippen LogP contribution >= 0.6 is 0 Å². The van der Waals surface area contributed by atoms with Crippen molar-refractivity contribution in [2.45, 2.75) is 12.8 Å². The number of piperidine rings is 1. The maximum absolute atomic E-state index is 12.4. The Morgan fingerprint density at radius 2 is 2.16 bits per heavy atom. The minimum absolute atomic E-state index is 0.0871. The molecule has 1 aromatic rings. The summed E-state index contributed by atoms with van der Waals surface area (Å²) < 4.78 is 5.02. The summed E-state index contributed by atoms with van der Waals surface area (Å²) in [4.78, 5) is 14.1. The van der Waals surface area contributed by atoms with E-state index < -0.39 is 0 Å². The van der Waals surface area contributed by atoms with Crippen molar-refractivity contribution in [1.82, 2.24) is 4.90 Å². The van der Waals surface area contributed by atoms with Crippen molar-refractivity contribution >= 4 is 5.91 Å². The molecule has 0 aliphatic carbocycles. The molecule has 0 atom stereocenters. The van der Waals surface area contributed by atoms with Gasteiger partial charge in [-0.1, -0.05) is 6.07 Å². The summed E-state index contributed by atoms with van der Waals surface area (Å²) in [6.45, 7) is 2.06. The third-order valence-corrected chi connectivity index (χ3v) is 3.68. The zero-order chi connectivity index (χ0) is 13.8. The Hall–Kier alpha value is -1.75. The van der Waals surface area contributed by atoms with Gasteiger partial charge in [-0.15, -0.1) is 0 Å². The zero-order valence-electron chi connectivity index (χ0n) is 11.1. The van der Waals surface area contributed by atoms with Crippen molar-refractivity contribution < 1.29 is 14.6 Å². The van der Waals surface area contributed by atoms with Gasteiger partial charge in [0.1, 0.15) is 0 Å². The molecule has 104 valence electrons. The van der Waals surface area contributed by atoms with Gasteiger partial charge in [-0.25, -0.2) is 0 Å². The van der Waals surface area contributed by atoms with Crippen LogP contribution in [0, 0.1) is 5.92 Å². The van der Waals surface area contributed by atoms with Gasteiger partial charge in [0.25, 0.3) is 5.91 Å². The summed E-state index contributed by atoms with van der Waals surface area (Å²) in [7, 11) is 1.47. The van der Waals surface area contributed by atoms with E-state index >= 15 is 0 Å². The molecule has 19 heavy (non-hydrogen) atoms. The van der Waals surface area contributed by atoms with Crippen LogP contribution in [0.5, 0.6) is 11.5 Å². The number of hydrogen-bond donors (Lipinski definition) is 2. The molecular formula is C14H20N2O3. The van der Waals surface area contributed by atoms with Gasteiger partial charge in [0.2, 0.25) is 0 Å². The highest BCUT2D eigenvalue weighted by atomic mass is 16.5. The molecule has 2 rings (SSSR count). The molecule has 1 fully saturated rings. The van der Waals surface area contributed by atoms with Gasteiger partial charge in [0.05, 0.1) is 12.7 Å². The molecular weight excluding hydrogens is 244 g/mol. The van der Waals surface area contributed by atoms with Crippen molar-refractivity contribution in [2.75, 3.05) is 26.7 Å². The summed E-state index contributed by atoms with van der Waals surface area (Å²) in [5.74, 6) is 0.591. The second-order valence-electron chi connectivity index (χ2n) is 4.83. The molecule has 1 aliphatic heterocycles. The number of phenols is 1. The number of likely N-dealkylation sites (tertiary alicyclic amines) is 1. The van der Waals surface area contributed by atoms with E-state index in [2.05, 4.69) is 0 Å². The number of amides is 1. The van der Waals surface area contributed by atoms with Gasteiger partial charge in [0.15, 0.2) is 11.5 Å². The Morgan fingerprint density at radius 3 is 2.74 bits per heavy atom. The third-order valence-electron chi connectivity index (χ3n) is 3.68. The van der Waals surface area contributed by atoms with E-state index in [9.17, 15) is 9.90 Å². The lowest BCUT2D eigenvalue weighted by Gasteiger charge is -2.31. The molecule has 0 unspecified atom stereocenters. The first-order chi connectivity index (χ1) is 9.17. The lowest BCUT2D eigenvalue weighted by molar-refractivity contribution is 0.0690. The van der Waals surface area contributed by atoms with Gasteiger partial charge in [0, 0.05) is 13.1 Å². The number of nitrogens with two attached hydrogens (primary N) is 1. The van der Waals surface area contributed by atoms with E-state index in [1.54, 1.807) is 23.1 Å². The first kappa shape index (κ1) is 13.7. The van der Waals surface area contributed by atoms with Crippen LogP contribution in [0.3, 0.4) is 0 Å². The Morgan fingerprint density at radius 1 is 1.47 bits per heavy atom. The van der Waals surface area contributed by atoms with Crippen LogP contribution in [0.25, 0.3) is 0 Å². The number of rotatable bonds is 3. The summed E-state index contributed by atoms with van der Waals surface area (Å²) in [6.07, 6.45) is 1.85. The van der Waals surface area contributed by atoms with Crippen molar-refractivity contribution in [2.24, 2.45) is 11.7 Å². The van der Waals surface area contributed by atoms with Gasteiger partial charge in [-0.3, -0.25) is 4.79 Å². The number of ether oxygens (including phenoxy) is 1. The molecule has 1 aromatic carbocycles. The molecule has 0 saturated carbocycles. The van der Waals surface area contributed by atoms with Crippen LogP contribution in [0.2, 0.25) is 0 Å². The largest absolute Gasteiger partial charge is 0.504 e. The lowest BCUT2D eigenvalue weighted by Crippen LogP contribution is -2.40. The van der Waals surface area contributed by atoms with Crippen LogP contribution in [-0.2, 0) is 0 Å². The molecule has 5 heteroatoms. The topological polar surface area (TPSA) is 75.8 Å². The second-order valence-corrected chi connectivity index (χ2v) is 4.83. The Kier molecular flexibility index (Phi) is 4.27. The average Bonchev–Trinajstić information content (AvgIpc) is 2.47. The maximum Gasteiger partial charge on any atom is 0.257 e. The molecule has 5 nitrogen and oxygen atoms in total. The summed E-state index contributed by atoms with van der Waals surface area (Å²) in [5.41, 5.74) is 5.93. The van der Waals surface area contributed by atoms with Gasteiger partial charge < -0.3 is 20.5 Å². The normalized spacial score (nSPS) is 16.4. The van der Waals surface area contributed by atoms with Crippen molar-refractivity contribution in [3.8, 4) is 11.5 Å². The van der Waals surface area contributed by atoms with Crippen molar-refractivity contribution in [3.63, 3.8) is 0 Å². The molecule has 1 saturated heterocycles. The van der Waals surface area contributed by atoms with E-state index in [1.807, 2.05) is 0 Å². The second kappa shape index (κ2) is 5.93. The monoisotopic (exact) mass is 264 g/mol. The average molecular weight is 264 g/mol. The Bertz CT molecular complexity index is 454. The van der Waals surface area contributed by atoms with Crippen LogP contribution in [0.4, 0.5) is 0 Å². The summed E-state index contributed by atoms with van der Waals surface area (Å²) >= 11 is 0. The lowest BCUT2D eigenvalue weighted by atomic mass is 9.96. The fraction of sp³-hybridized carbons (Fsp3) is 0.500. The summed E-state index contributed by atoms with van der Waals surface area (Å²) in [6, 6.07) is 4.96. The molecule has 0 aromatic heterocycles. The van der Waals surface area contributed by atoms with E-state index in [-0.39, 0.29) is 11.7 Å². The van der Waals surface area contributed by atoms with E-state index in [0.29, 0.717) is 36.9 Å². The van der Waals surface area contributed by atoms with E-state index in [0.717, 1.165) is 12.8 Å². The van der Waals surface area contributed by atoms with Gasteiger partial charge in [-0.05, 0) is 37.4 Å². The highest BCUT2D eigenvalue weighted by Crippen LogP contribution is 2.31. The van der Waals surface area contributed by atoms with Crippen LogP contribution in [0.15, 0.2) is 18.2 Å². The molecule has 1 aliphatic rings. The van der Waals surface area contributed by atoms with E-state index in [4.69, 9.17) is 10.5 Å². The molecule has 0 radical (unpaired) electrons. The van der Waals surface area contributed by atoms with Crippen LogP contribution < -0.4 is 10.5 Å². The predicted molar refractivity (Wildman–Crippen MR) is 72.3 cm³/mol. The van der Waals surface area contributed by atoms with Gasteiger partial charge >= 0.3 is 0 Å². The number of aromatic hydroxyl groups is 1. The fourth-order valence-corrected chi connectivity index (χ4v) is 2.40. The number of para-hydroxylation sites is 1. The van der Waals surface area contributed by atoms with E-state index in [1.165, 1.54) is 7.11 Å². The fourth-order valence-electron chi connectivity index (χ4n) is 2.40. The molecule has 0 spiro atoms. The quantitative estimate of drug-likeness (QED) is 0.860. The smallest absolute Gasteiger partial charge is 0.257 e. The van der Waals surface area contributed by atoms with Gasteiger partial charge in [-0.2, -0.15) is 0 Å². The highest BCUT2D eigenvalue weighted by Gasteiger charge is 2.25. The highest BCUT2D eigenvalue weighted by molar-refractivity contribution is 5.97. The third kappa shape index (κ3) is 2.81.